The molecule has 106 valence electrons. The molecule has 1 aliphatic carbocycles. The van der Waals surface area contributed by atoms with E-state index in [1.165, 1.54) is 44.5 Å². The lowest BCUT2D eigenvalue weighted by Crippen LogP contribution is -2.42. The first-order chi connectivity index (χ1) is 9.20. The van der Waals surface area contributed by atoms with Gasteiger partial charge in [-0.2, -0.15) is 5.10 Å². The minimum atomic E-state index is 0.877. The Morgan fingerprint density at radius 3 is 2.68 bits per heavy atom. The normalized spacial score (nSPS) is 27.4. The molecule has 2 N–H and O–H groups in total. The molecule has 4 heteroatoms. The van der Waals surface area contributed by atoms with Crippen molar-refractivity contribution < 1.29 is 0 Å². The summed E-state index contributed by atoms with van der Waals surface area (Å²) in [6.45, 7) is 7.38. The minimum absolute atomic E-state index is 0.877. The van der Waals surface area contributed by atoms with Crippen molar-refractivity contribution in [2.75, 3.05) is 23.7 Å². The molecule has 0 aromatic carbocycles. The van der Waals surface area contributed by atoms with E-state index in [2.05, 4.69) is 21.6 Å². The van der Waals surface area contributed by atoms with E-state index >= 15 is 0 Å². The van der Waals surface area contributed by atoms with Crippen LogP contribution in [-0.2, 0) is 6.54 Å². The Bertz CT molecular complexity index is 451. The zero-order chi connectivity index (χ0) is 13.4. The van der Waals surface area contributed by atoms with Gasteiger partial charge < -0.3 is 10.6 Å². The number of hydrogen-bond acceptors (Lipinski definition) is 3. The highest BCUT2D eigenvalue weighted by Gasteiger charge is 2.33. The topological polar surface area (TPSA) is 47.1 Å². The van der Waals surface area contributed by atoms with Crippen molar-refractivity contribution in [1.82, 2.24) is 9.78 Å². The predicted octanol–water partition coefficient (Wildman–Crippen LogP) is 2.81. The second kappa shape index (κ2) is 5.06. The summed E-state index contributed by atoms with van der Waals surface area (Å²) in [5.41, 5.74) is 8.11. The molecule has 3 rings (SSSR count). The van der Waals surface area contributed by atoms with E-state index in [4.69, 9.17) is 5.73 Å². The average Bonchev–Trinajstić information content (AvgIpc) is 2.74. The molecule has 0 radical (unpaired) electrons. The Labute approximate surface area is 116 Å². The van der Waals surface area contributed by atoms with Gasteiger partial charge in [-0.25, -0.2) is 4.68 Å². The molecule has 1 aromatic heterocycles. The van der Waals surface area contributed by atoms with Gasteiger partial charge in [0.1, 0.15) is 0 Å². The standard InChI is InChI=1S/C15H26N4/c1-3-19-15(14(16)11(2)17-19)18-9-8-12-6-4-5-7-13(12)10-18/h12-13H,3-10,16H2,1-2H3. The van der Waals surface area contributed by atoms with Crippen LogP contribution in [0.25, 0.3) is 0 Å². The highest BCUT2D eigenvalue weighted by molar-refractivity contribution is 5.66. The van der Waals surface area contributed by atoms with E-state index in [-0.39, 0.29) is 0 Å². The van der Waals surface area contributed by atoms with Gasteiger partial charge >= 0.3 is 0 Å². The van der Waals surface area contributed by atoms with Crippen LogP contribution < -0.4 is 10.6 Å². The van der Waals surface area contributed by atoms with Gasteiger partial charge in [0.15, 0.2) is 5.82 Å². The monoisotopic (exact) mass is 262 g/mol. The molecule has 2 atom stereocenters. The van der Waals surface area contributed by atoms with Crippen LogP contribution in [-0.4, -0.2) is 22.9 Å². The molecule has 1 aliphatic heterocycles. The predicted molar refractivity (Wildman–Crippen MR) is 79.3 cm³/mol. The van der Waals surface area contributed by atoms with Crippen molar-refractivity contribution in [1.29, 1.82) is 0 Å². The fraction of sp³-hybridized carbons (Fsp3) is 0.800. The number of anilines is 2. The summed E-state index contributed by atoms with van der Waals surface area (Å²) in [5.74, 6) is 3.01. The fourth-order valence-corrected chi connectivity index (χ4v) is 3.93. The number of nitrogens with zero attached hydrogens (tertiary/aromatic N) is 3. The van der Waals surface area contributed by atoms with E-state index < -0.39 is 0 Å². The maximum Gasteiger partial charge on any atom is 0.150 e. The largest absolute Gasteiger partial charge is 0.394 e. The van der Waals surface area contributed by atoms with Crippen molar-refractivity contribution in [2.24, 2.45) is 11.8 Å². The Kier molecular flexibility index (Phi) is 3.42. The van der Waals surface area contributed by atoms with Gasteiger partial charge in [-0.15, -0.1) is 0 Å². The van der Waals surface area contributed by atoms with Gasteiger partial charge in [0.25, 0.3) is 0 Å². The number of nitrogen functional groups attached to an aromatic ring is 1. The lowest BCUT2D eigenvalue weighted by Gasteiger charge is -2.42. The number of nitrogens with two attached hydrogens (primary N) is 1. The van der Waals surface area contributed by atoms with Gasteiger partial charge in [0, 0.05) is 19.6 Å². The summed E-state index contributed by atoms with van der Waals surface area (Å²) in [7, 11) is 0. The molecule has 2 heterocycles. The molecule has 2 fully saturated rings. The Balaban J connectivity index is 1.83. The first-order valence-electron chi connectivity index (χ1n) is 7.78. The maximum atomic E-state index is 6.25. The molecule has 0 amide bonds. The third kappa shape index (κ3) is 2.21. The number of aromatic nitrogens is 2. The van der Waals surface area contributed by atoms with Crippen molar-refractivity contribution in [3.05, 3.63) is 5.69 Å². The van der Waals surface area contributed by atoms with Crippen LogP contribution in [0, 0.1) is 18.8 Å². The van der Waals surface area contributed by atoms with Crippen LogP contribution in [0.5, 0.6) is 0 Å². The molecular formula is C15H26N4. The lowest BCUT2D eigenvalue weighted by molar-refractivity contribution is 0.201. The van der Waals surface area contributed by atoms with Crippen LogP contribution >= 0.6 is 0 Å². The first kappa shape index (κ1) is 12.8. The zero-order valence-corrected chi connectivity index (χ0v) is 12.2. The average molecular weight is 262 g/mol. The number of piperidine rings is 1. The van der Waals surface area contributed by atoms with Crippen LogP contribution in [0.15, 0.2) is 0 Å². The Morgan fingerprint density at radius 1 is 1.21 bits per heavy atom. The minimum Gasteiger partial charge on any atom is -0.394 e. The van der Waals surface area contributed by atoms with Crippen LogP contribution in [0.2, 0.25) is 0 Å². The first-order valence-corrected chi connectivity index (χ1v) is 7.78. The number of aryl methyl sites for hydroxylation is 2. The number of rotatable bonds is 2. The molecule has 19 heavy (non-hydrogen) atoms. The fourth-order valence-electron chi connectivity index (χ4n) is 3.93. The van der Waals surface area contributed by atoms with E-state index in [1.807, 2.05) is 6.92 Å². The van der Waals surface area contributed by atoms with Crippen molar-refractivity contribution in [3.63, 3.8) is 0 Å². The maximum absolute atomic E-state index is 6.25. The van der Waals surface area contributed by atoms with Gasteiger partial charge in [0.2, 0.25) is 0 Å². The van der Waals surface area contributed by atoms with Gasteiger partial charge in [-0.1, -0.05) is 19.3 Å². The van der Waals surface area contributed by atoms with Crippen LogP contribution in [0.3, 0.4) is 0 Å². The lowest BCUT2D eigenvalue weighted by atomic mass is 9.75. The summed E-state index contributed by atoms with van der Waals surface area (Å²) >= 11 is 0. The van der Waals surface area contributed by atoms with Crippen molar-refractivity contribution in [2.45, 2.75) is 52.5 Å². The quantitative estimate of drug-likeness (QED) is 0.891. The molecule has 1 saturated carbocycles. The smallest absolute Gasteiger partial charge is 0.150 e. The van der Waals surface area contributed by atoms with E-state index in [0.29, 0.717) is 0 Å². The summed E-state index contributed by atoms with van der Waals surface area (Å²) in [5, 5.41) is 4.56. The van der Waals surface area contributed by atoms with E-state index in [1.54, 1.807) is 0 Å². The van der Waals surface area contributed by atoms with E-state index in [0.717, 1.165) is 36.3 Å². The van der Waals surface area contributed by atoms with Crippen molar-refractivity contribution >= 4 is 11.5 Å². The molecule has 2 unspecified atom stereocenters. The number of fused-ring (bicyclic) bond motifs is 1. The van der Waals surface area contributed by atoms with Gasteiger partial charge in [-0.05, 0) is 38.5 Å². The summed E-state index contributed by atoms with van der Waals surface area (Å²) < 4.78 is 2.08. The second-order valence-electron chi connectivity index (χ2n) is 6.18. The summed E-state index contributed by atoms with van der Waals surface area (Å²) in [6, 6.07) is 0. The third-order valence-corrected chi connectivity index (χ3v) is 5.04. The van der Waals surface area contributed by atoms with Crippen LogP contribution in [0.4, 0.5) is 11.5 Å². The number of hydrogen-bond donors (Lipinski definition) is 1. The molecule has 0 spiro atoms. The summed E-state index contributed by atoms with van der Waals surface area (Å²) in [6.07, 6.45) is 7.03. The van der Waals surface area contributed by atoms with Gasteiger partial charge in [0.05, 0.1) is 11.4 Å². The molecule has 4 nitrogen and oxygen atoms in total. The molecule has 1 aromatic rings. The Hall–Kier alpha value is -1.19. The zero-order valence-electron chi connectivity index (χ0n) is 12.2. The SMILES string of the molecule is CCn1nc(C)c(N)c1N1CCC2CCCCC2C1. The third-order valence-electron chi connectivity index (χ3n) is 5.04. The second-order valence-corrected chi connectivity index (χ2v) is 6.18. The van der Waals surface area contributed by atoms with Crippen molar-refractivity contribution in [3.8, 4) is 0 Å². The Morgan fingerprint density at radius 2 is 1.95 bits per heavy atom. The molecule has 2 aliphatic rings. The molecule has 0 bridgehead atoms. The highest BCUT2D eigenvalue weighted by Crippen LogP contribution is 2.39. The molecule has 1 saturated heterocycles. The van der Waals surface area contributed by atoms with E-state index in [9.17, 15) is 0 Å². The van der Waals surface area contributed by atoms with Crippen LogP contribution in [0.1, 0.15) is 44.7 Å². The highest BCUT2D eigenvalue weighted by atomic mass is 15.4. The van der Waals surface area contributed by atoms with Gasteiger partial charge in [-0.3, -0.25) is 0 Å². The summed E-state index contributed by atoms with van der Waals surface area (Å²) in [4.78, 5) is 2.49. The molecular weight excluding hydrogens is 236 g/mol.